The van der Waals surface area contributed by atoms with Crippen LogP contribution in [0.25, 0.3) is 45.0 Å². The first-order chi connectivity index (χ1) is 61.5. The number of halogens is 13. The minimum Gasteiger partial charge on any atom is -0.420 e. The Balaban J connectivity index is 0.000000148. The van der Waals surface area contributed by atoms with Gasteiger partial charge in [0.15, 0.2) is 0 Å². The van der Waals surface area contributed by atoms with Gasteiger partial charge in [0.25, 0.3) is 23.6 Å². The Morgan fingerprint density at radius 3 is 0.854 bits per heavy atom. The van der Waals surface area contributed by atoms with Gasteiger partial charge < -0.3 is 80.9 Å². The second-order valence-electron chi connectivity index (χ2n) is 31.0. The summed E-state index contributed by atoms with van der Waals surface area (Å²) in [5.41, 5.74) is -5.77. The van der Waals surface area contributed by atoms with Crippen molar-refractivity contribution in [2.24, 2.45) is 5.73 Å². The van der Waals surface area contributed by atoms with E-state index in [4.69, 9.17) is 52.1 Å². The summed E-state index contributed by atoms with van der Waals surface area (Å²) in [7, 11) is 0. The highest BCUT2D eigenvalue weighted by molar-refractivity contribution is 6.21. The molecule has 130 heavy (non-hydrogen) atoms. The molecule has 0 saturated carbocycles. The normalized spacial score (nSPS) is 18.5. The second kappa shape index (κ2) is 39.5. The number of aromatic nitrogens is 12. The summed E-state index contributed by atoms with van der Waals surface area (Å²) in [5, 5.41) is 69.4. The Kier molecular flexibility index (Phi) is 28.7. The van der Waals surface area contributed by atoms with Gasteiger partial charge in [-0.25, -0.2) is 24.3 Å². The van der Waals surface area contributed by atoms with Gasteiger partial charge in [-0.2, -0.15) is 20.4 Å². The topological polar surface area (TPSA) is 419 Å². The summed E-state index contributed by atoms with van der Waals surface area (Å²) in [5.74, 6) is 0.0474. The molecule has 12 aromatic rings. The fraction of sp³-hybridized carbons (Fsp3) is 0.294. The molecule has 0 radical (unpaired) electrons. The van der Waals surface area contributed by atoms with Gasteiger partial charge in [0.2, 0.25) is 0 Å². The molecule has 4 aromatic carbocycles. The Morgan fingerprint density at radius 1 is 0.400 bits per heavy atom. The smallest absolute Gasteiger partial charge is 0.420 e. The van der Waals surface area contributed by atoms with Gasteiger partial charge in [0.05, 0.1) is 68.4 Å². The van der Waals surface area contributed by atoms with Crippen LogP contribution in [0, 0.1) is 0 Å². The minimum atomic E-state index is -3.83. The highest BCUT2D eigenvalue weighted by Crippen LogP contribution is 2.41. The number of nitrogens with one attached hydrogen (secondary N) is 8. The van der Waals surface area contributed by atoms with Crippen LogP contribution in [0.5, 0.6) is 23.0 Å². The first-order valence-corrected chi connectivity index (χ1v) is 41.3. The number of nitrogens with zero attached hydrogens (tertiary/aromatic N) is 12. The highest BCUT2D eigenvalue weighted by atomic mass is 35.5. The standard InChI is InChI=1S/C22H22ClF2N5O3.C21H20ClF3N6O2.2C21H20ClF2N5O3/c1-2-21(32)8-10-30(13-21)19-17(18-7-9-27-29-18)11-14(12-26-19)20(31)28-15-3-5-16(6-4-15)33-22(23,24)25;22-21(24,25)33-15-3-1-14(2-4-15)29-19(32)13-9-16(17-5-7-28-30-17)18(27-10-13)31-8-6-20(23,11-26)12-31;2*1-20(31)7-9-29(12-20)18-16(17-6-8-26-28-17)10-13(11-25-18)19(30)27-14-2-4-15(5-3-14)32-21(22,23)24/h3-7,9,11-12,32H,2,8,10,13H2,1H3,(H,27,29)(H,28,31);1-5,7,9-10H,6,8,11-12,26H2,(H,28,30)(H,29,32);2*2-6,8,10-11,31H,7,9,12H2,1H3,(H,26,28)(H,27,30)/t;;2*20-/m..10/s1. The molecule has 0 bridgehead atoms. The molecule has 8 aromatic heterocycles. The molecule has 12 heterocycles. The number of aliphatic hydroxyl groups is 3. The molecule has 4 saturated heterocycles. The molecule has 32 nitrogen and oxygen atoms in total. The summed E-state index contributed by atoms with van der Waals surface area (Å²) in [4.78, 5) is 76.8. The maximum Gasteiger partial charge on any atom is 0.487 e. The molecular formula is C85H82Cl4F9N21O11. The lowest BCUT2D eigenvalue weighted by molar-refractivity contribution is -0.0972. The number of amides is 4. The molecule has 16 rings (SSSR count). The molecule has 4 fully saturated rings. The van der Waals surface area contributed by atoms with E-state index in [0.717, 1.165) is 0 Å². The predicted molar refractivity (Wildman–Crippen MR) is 467 cm³/mol. The number of benzene rings is 4. The molecule has 4 amide bonds. The number of β-amino-alcohol motifs (C(OH)–C–C–N with tert-alkyl or cyclic N) is 3. The second-order valence-corrected chi connectivity index (χ2v) is 32.7. The van der Waals surface area contributed by atoms with Crippen molar-refractivity contribution in [1.82, 2.24) is 60.7 Å². The third kappa shape index (κ3) is 25.7. The van der Waals surface area contributed by atoms with Gasteiger partial charge in [-0.15, -0.1) is 35.1 Å². The Bertz CT molecular complexity index is 5520. The summed E-state index contributed by atoms with van der Waals surface area (Å²) in [6.07, 6.45) is 14.9. The number of H-pyrrole nitrogens is 4. The average Bonchev–Trinajstić information content (AvgIpc) is 1.69. The number of ether oxygens (including phenoxy) is 4. The number of carbonyl (C=O) groups excluding carboxylic acids is 4. The van der Waals surface area contributed by atoms with Crippen molar-refractivity contribution in [2.75, 3.05) is 99.8 Å². The number of nitrogens with two attached hydrogens (primary N) is 1. The molecule has 684 valence electrons. The van der Waals surface area contributed by atoms with Crippen molar-refractivity contribution >= 4 is 116 Å². The number of carbonyl (C=O) groups is 4. The van der Waals surface area contributed by atoms with E-state index in [1.54, 1.807) is 92.1 Å². The molecule has 45 heteroatoms. The van der Waals surface area contributed by atoms with Crippen LogP contribution in [-0.4, -0.2) is 203 Å². The summed E-state index contributed by atoms with van der Waals surface area (Å²) in [6, 6.07) is 35.1. The molecule has 4 aliphatic heterocycles. The van der Waals surface area contributed by atoms with Crippen LogP contribution >= 0.6 is 46.4 Å². The van der Waals surface area contributed by atoms with Crippen molar-refractivity contribution in [1.29, 1.82) is 0 Å². The minimum absolute atomic E-state index is 0.0876. The molecule has 2 unspecified atom stereocenters. The van der Waals surface area contributed by atoms with Crippen molar-refractivity contribution in [2.45, 2.75) is 97.6 Å². The van der Waals surface area contributed by atoms with E-state index in [2.05, 4.69) is 101 Å². The number of aromatic amines is 4. The van der Waals surface area contributed by atoms with Crippen LogP contribution in [0.15, 0.2) is 195 Å². The van der Waals surface area contributed by atoms with Crippen LogP contribution in [-0.2, 0) is 0 Å². The molecule has 13 N–H and O–H groups in total. The number of anilines is 8. The number of hydrogen-bond acceptors (Lipinski definition) is 24. The van der Waals surface area contributed by atoms with E-state index < -0.39 is 68.4 Å². The van der Waals surface area contributed by atoms with E-state index in [9.17, 15) is 74.0 Å². The lowest BCUT2D eigenvalue weighted by atomic mass is 10.0. The maximum atomic E-state index is 14.7. The van der Waals surface area contributed by atoms with Crippen LogP contribution < -0.4 is 65.5 Å². The fourth-order valence-corrected chi connectivity index (χ4v) is 14.6. The Labute approximate surface area is 754 Å². The maximum absolute atomic E-state index is 14.7. The van der Waals surface area contributed by atoms with E-state index in [0.29, 0.717) is 168 Å². The Morgan fingerprint density at radius 2 is 0.646 bits per heavy atom. The van der Waals surface area contributed by atoms with E-state index in [-0.39, 0.29) is 59.2 Å². The zero-order valence-corrected chi connectivity index (χ0v) is 71.9. The average molecular weight is 1890 g/mol. The van der Waals surface area contributed by atoms with Crippen LogP contribution in [0.2, 0.25) is 0 Å². The van der Waals surface area contributed by atoms with Gasteiger partial charge >= 0.3 is 22.3 Å². The summed E-state index contributed by atoms with van der Waals surface area (Å²) in [6.45, 7) is 9.11. The van der Waals surface area contributed by atoms with Crippen molar-refractivity contribution in [3.63, 3.8) is 0 Å². The third-order valence-electron chi connectivity index (χ3n) is 20.8. The zero-order chi connectivity index (χ0) is 93.1. The predicted octanol–water partition coefficient (Wildman–Crippen LogP) is 15.7. The molecule has 4 atom stereocenters. The van der Waals surface area contributed by atoms with Crippen LogP contribution in [0.3, 0.4) is 0 Å². The first-order valence-electron chi connectivity index (χ1n) is 39.7. The largest absolute Gasteiger partial charge is 0.487 e. The van der Waals surface area contributed by atoms with E-state index in [1.165, 1.54) is 122 Å². The quantitative estimate of drug-likeness (QED) is 0.0177. The number of pyridine rings is 4. The SMILES string of the molecule is CCC1(O)CCN(c2ncc(C(=O)Nc3ccc(OC(F)(F)Cl)cc3)cc2-c2ccn[nH]2)C1.C[C@@]1(O)CCN(c2ncc(C(=O)Nc3ccc(OC(F)(F)Cl)cc3)cc2-c2ccn[nH]2)C1.C[C@]1(O)CCN(c2ncc(C(=O)Nc3ccc(OC(F)(F)Cl)cc3)cc2-c2ccn[nH]2)C1.NCC1(F)CCN(c2ncc(C(=O)Nc3ccc(OC(F)(F)Cl)cc3)cc2-c2ccn[nH]2)C1. The lowest BCUT2D eigenvalue weighted by Gasteiger charge is -2.24. The van der Waals surface area contributed by atoms with Gasteiger partial charge in [-0.05, 0) is 185 Å². The van der Waals surface area contributed by atoms with Crippen molar-refractivity contribution < 1.29 is 93.0 Å². The van der Waals surface area contributed by atoms with Crippen LogP contribution in [0.1, 0.15) is 94.3 Å². The number of rotatable bonds is 26. The lowest BCUT2D eigenvalue weighted by Crippen LogP contribution is -2.36. The fourth-order valence-electron chi connectivity index (χ4n) is 14.3. The Hall–Kier alpha value is -13.0. The van der Waals surface area contributed by atoms with Crippen molar-refractivity contribution in [3.8, 4) is 68.0 Å². The van der Waals surface area contributed by atoms with Crippen molar-refractivity contribution in [3.05, 3.63) is 217 Å². The number of hydrogen-bond donors (Lipinski definition) is 12. The first kappa shape index (κ1) is 94.6. The monoisotopic (exact) mass is 1880 g/mol. The zero-order valence-electron chi connectivity index (χ0n) is 68.8. The van der Waals surface area contributed by atoms with Gasteiger partial charge in [-0.1, -0.05) is 6.92 Å². The molecule has 0 spiro atoms. The van der Waals surface area contributed by atoms with Gasteiger partial charge in [-0.3, -0.25) is 39.6 Å². The van der Waals surface area contributed by atoms with Gasteiger partial charge in [0, 0.05) is 200 Å². The highest BCUT2D eigenvalue weighted by Gasteiger charge is 2.41. The van der Waals surface area contributed by atoms with E-state index >= 15 is 0 Å². The summed E-state index contributed by atoms with van der Waals surface area (Å²) < 4.78 is 134. The summed E-state index contributed by atoms with van der Waals surface area (Å²) >= 11 is 19.0. The van der Waals surface area contributed by atoms with Gasteiger partial charge in [0.1, 0.15) is 51.9 Å². The van der Waals surface area contributed by atoms with Crippen LogP contribution in [0.4, 0.5) is 85.5 Å². The van der Waals surface area contributed by atoms with E-state index in [1.807, 2.05) is 21.6 Å². The molecular weight excluding hydrogens is 1800 g/mol. The molecule has 0 aliphatic carbocycles. The molecule has 4 aliphatic rings. The third-order valence-corrected chi connectivity index (χ3v) is 21.1. The number of alkyl halides is 13.